The lowest BCUT2D eigenvalue weighted by atomic mass is 9.96. The van der Waals surface area contributed by atoms with Crippen LogP contribution in [-0.2, 0) is 10.3 Å². The number of nitrogens with zero attached hydrogens (tertiary/aromatic N) is 3. The van der Waals surface area contributed by atoms with Crippen LogP contribution in [0.4, 0.5) is 5.82 Å². The summed E-state index contributed by atoms with van der Waals surface area (Å²) in [4.78, 5) is 6.83. The largest absolute Gasteiger partial charge is 0.386 e. The summed E-state index contributed by atoms with van der Waals surface area (Å²) in [5, 5.41) is 18.2. The van der Waals surface area contributed by atoms with Crippen molar-refractivity contribution in [2.75, 3.05) is 24.7 Å². The fourth-order valence-corrected chi connectivity index (χ4v) is 2.64. The summed E-state index contributed by atoms with van der Waals surface area (Å²) in [5.74, 6) is 0.856. The summed E-state index contributed by atoms with van der Waals surface area (Å²) >= 11 is 0. The molecule has 1 aliphatic heterocycles. The highest BCUT2D eigenvalue weighted by molar-refractivity contribution is 5.81. The highest BCUT2D eigenvalue weighted by Crippen LogP contribution is 2.31. The molecule has 1 atom stereocenters. The van der Waals surface area contributed by atoms with Gasteiger partial charge in [0.2, 0.25) is 0 Å². The Hall–Kier alpha value is -1.66. The van der Waals surface area contributed by atoms with Gasteiger partial charge in [-0.25, -0.2) is 4.98 Å². The summed E-state index contributed by atoms with van der Waals surface area (Å²) < 4.78 is 5.46. The third kappa shape index (κ3) is 2.25. The Morgan fingerprint density at radius 2 is 2.30 bits per heavy atom. The number of aromatic amines is 1. The van der Waals surface area contributed by atoms with Crippen LogP contribution in [0.2, 0.25) is 0 Å². The molecule has 3 heterocycles. The van der Waals surface area contributed by atoms with Gasteiger partial charge in [0, 0.05) is 11.9 Å². The molecule has 0 spiro atoms. The Morgan fingerprint density at radius 1 is 1.50 bits per heavy atom. The molecule has 0 saturated carbocycles. The van der Waals surface area contributed by atoms with E-state index in [0.29, 0.717) is 18.9 Å². The quantitative estimate of drug-likeness (QED) is 0.867. The third-order valence-corrected chi connectivity index (χ3v) is 3.73. The highest BCUT2D eigenvalue weighted by Gasteiger charge is 2.26. The molecule has 0 aliphatic carbocycles. The molecule has 2 aromatic rings. The first-order chi connectivity index (χ1) is 9.47. The minimum absolute atomic E-state index is 0.270. The Morgan fingerprint density at radius 3 is 3.00 bits per heavy atom. The van der Waals surface area contributed by atoms with E-state index in [0.717, 1.165) is 23.3 Å². The smallest absolute Gasteiger partial charge is 0.157 e. The van der Waals surface area contributed by atoms with Crippen molar-refractivity contribution in [3.05, 3.63) is 17.8 Å². The van der Waals surface area contributed by atoms with Crippen LogP contribution < -0.4 is 4.90 Å². The molecule has 1 aliphatic rings. The maximum absolute atomic E-state index is 10.4. The van der Waals surface area contributed by atoms with Crippen LogP contribution in [0.25, 0.3) is 11.0 Å². The maximum atomic E-state index is 10.4. The fourth-order valence-electron chi connectivity index (χ4n) is 2.64. The van der Waals surface area contributed by atoms with Crippen molar-refractivity contribution in [1.29, 1.82) is 0 Å². The van der Waals surface area contributed by atoms with Crippen molar-refractivity contribution in [3.8, 4) is 0 Å². The van der Waals surface area contributed by atoms with Crippen molar-refractivity contribution >= 4 is 16.9 Å². The topological polar surface area (TPSA) is 74.3 Å². The van der Waals surface area contributed by atoms with Gasteiger partial charge in [-0.15, -0.1) is 0 Å². The molecule has 6 nitrogen and oxygen atoms in total. The first-order valence-electron chi connectivity index (χ1n) is 6.88. The Bertz CT molecular complexity index is 617. The number of rotatable bonds is 2. The number of hydrogen-bond donors (Lipinski definition) is 2. The number of hydrogen-bond acceptors (Lipinski definition) is 5. The van der Waals surface area contributed by atoms with Crippen molar-refractivity contribution in [2.45, 2.75) is 32.4 Å². The lowest BCUT2D eigenvalue weighted by Crippen LogP contribution is -2.44. The molecule has 108 valence electrons. The lowest BCUT2D eigenvalue weighted by molar-refractivity contribution is 0.0799. The van der Waals surface area contributed by atoms with Gasteiger partial charge >= 0.3 is 0 Å². The average molecular weight is 276 g/mol. The van der Waals surface area contributed by atoms with Crippen molar-refractivity contribution in [1.82, 2.24) is 15.2 Å². The fraction of sp³-hybridized carbons (Fsp3) is 0.571. The van der Waals surface area contributed by atoms with Gasteiger partial charge < -0.3 is 14.7 Å². The van der Waals surface area contributed by atoms with Crippen LogP contribution in [0.15, 0.2) is 12.3 Å². The number of morpholine rings is 1. The van der Waals surface area contributed by atoms with Crippen LogP contribution in [0.5, 0.6) is 0 Å². The van der Waals surface area contributed by atoms with E-state index in [-0.39, 0.29) is 6.04 Å². The van der Waals surface area contributed by atoms with Crippen LogP contribution in [-0.4, -0.2) is 46.1 Å². The van der Waals surface area contributed by atoms with Crippen molar-refractivity contribution in [2.24, 2.45) is 0 Å². The molecule has 0 amide bonds. The number of nitrogens with one attached hydrogen (secondary N) is 1. The van der Waals surface area contributed by atoms with Crippen molar-refractivity contribution < 1.29 is 9.84 Å². The molecule has 0 unspecified atom stereocenters. The number of H-pyrrole nitrogens is 1. The SMILES string of the molecule is C[C@@H]1COCCN1c1cc(C(C)(C)O)c2cn[nH]c2n1. The number of ether oxygens (including phenoxy) is 1. The summed E-state index contributed by atoms with van der Waals surface area (Å²) in [6.07, 6.45) is 1.71. The van der Waals surface area contributed by atoms with E-state index in [1.165, 1.54) is 0 Å². The van der Waals surface area contributed by atoms with Gasteiger partial charge in [0.1, 0.15) is 5.82 Å². The monoisotopic (exact) mass is 276 g/mol. The molecule has 20 heavy (non-hydrogen) atoms. The minimum atomic E-state index is -0.935. The van der Waals surface area contributed by atoms with Gasteiger partial charge in [-0.3, -0.25) is 5.10 Å². The van der Waals surface area contributed by atoms with E-state index in [2.05, 4.69) is 27.0 Å². The molecule has 2 aromatic heterocycles. The van der Waals surface area contributed by atoms with E-state index in [1.807, 2.05) is 6.07 Å². The van der Waals surface area contributed by atoms with E-state index < -0.39 is 5.60 Å². The number of fused-ring (bicyclic) bond motifs is 1. The Labute approximate surface area is 117 Å². The molecule has 3 rings (SSSR count). The Kier molecular flexibility index (Phi) is 3.14. The standard InChI is InChI=1S/C14H20N4O2/c1-9-8-20-5-4-18(9)12-6-11(14(2,3)19)10-7-15-17-13(10)16-12/h6-7,9,19H,4-5,8H2,1-3H3,(H,15,16,17)/t9-/m1/s1. The van der Waals surface area contributed by atoms with Gasteiger partial charge in [0.25, 0.3) is 0 Å². The highest BCUT2D eigenvalue weighted by atomic mass is 16.5. The lowest BCUT2D eigenvalue weighted by Gasteiger charge is -2.35. The summed E-state index contributed by atoms with van der Waals surface area (Å²) in [6, 6.07) is 2.23. The first-order valence-corrected chi connectivity index (χ1v) is 6.88. The van der Waals surface area contributed by atoms with Gasteiger partial charge in [0.15, 0.2) is 5.65 Å². The van der Waals surface area contributed by atoms with E-state index in [9.17, 15) is 5.11 Å². The van der Waals surface area contributed by atoms with Gasteiger partial charge in [-0.1, -0.05) is 0 Å². The van der Waals surface area contributed by atoms with E-state index in [4.69, 9.17) is 4.74 Å². The number of anilines is 1. The molecule has 0 radical (unpaired) electrons. The summed E-state index contributed by atoms with van der Waals surface area (Å²) in [5.41, 5.74) is 0.610. The zero-order valence-corrected chi connectivity index (χ0v) is 12.1. The van der Waals surface area contributed by atoms with Crippen molar-refractivity contribution in [3.63, 3.8) is 0 Å². The Balaban J connectivity index is 2.12. The number of aromatic nitrogens is 3. The molecular weight excluding hydrogens is 256 g/mol. The molecular formula is C14H20N4O2. The second kappa shape index (κ2) is 4.71. The molecule has 0 bridgehead atoms. The second-order valence-corrected chi connectivity index (χ2v) is 5.84. The second-order valence-electron chi connectivity index (χ2n) is 5.84. The predicted molar refractivity (Wildman–Crippen MR) is 76.8 cm³/mol. The van der Waals surface area contributed by atoms with Crippen LogP contribution in [0.3, 0.4) is 0 Å². The molecule has 6 heteroatoms. The molecule has 0 aromatic carbocycles. The zero-order chi connectivity index (χ0) is 14.3. The first kappa shape index (κ1) is 13.3. The molecule has 2 N–H and O–H groups in total. The maximum Gasteiger partial charge on any atom is 0.157 e. The minimum Gasteiger partial charge on any atom is -0.386 e. The van der Waals surface area contributed by atoms with E-state index >= 15 is 0 Å². The number of aliphatic hydroxyl groups is 1. The molecule has 1 saturated heterocycles. The van der Waals surface area contributed by atoms with Gasteiger partial charge in [0.05, 0.1) is 31.1 Å². The van der Waals surface area contributed by atoms with Gasteiger partial charge in [-0.05, 0) is 32.4 Å². The number of pyridine rings is 1. The third-order valence-electron chi connectivity index (χ3n) is 3.73. The zero-order valence-electron chi connectivity index (χ0n) is 12.1. The molecule has 1 fully saturated rings. The summed E-state index contributed by atoms with van der Waals surface area (Å²) in [7, 11) is 0. The predicted octanol–water partition coefficient (Wildman–Crippen LogP) is 1.41. The van der Waals surface area contributed by atoms with Gasteiger partial charge in [-0.2, -0.15) is 5.10 Å². The van der Waals surface area contributed by atoms with Crippen LogP contribution >= 0.6 is 0 Å². The average Bonchev–Trinajstić information content (AvgIpc) is 2.85. The normalized spacial score (nSPS) is 20.6. The van der Waals surface area contributed by atoms with Crippen LogP contribution in [0, 0.1) is 0 Å². The van der Waals surface area contributed by atoms with E-state index in [1.54, 1.807) is 20.0 Å². The van der Waals surface area contributed by atoms with Crippen LogP contribution in [0.1, 0.15) is 26.3 Å². The summed E-state index contributed by atoms with van der Waals surface area (Å²) in [6.45, 7) is 7.87.